The predicted octanol–water partition coefficient (Wildman–Crippen LogP) is 2.56. The molecule has 1 aromatic carbocycles. The highest BCUT2D eigenvalue weighted by Crippen LogP contribution is 2.35. The molecule has 0 amide bonds. The minimum atomic E-state index is -0.00107. The number of benzene rings is 1. The van der Waals surface area contributed by atoms with E-state index in [4.69, 9.17) is 17.3 Å². The summed E-state index contributed by atoms with van der Waals surface area (Å²) in [5.74, 6) is 6.60. The Kier molecular flexibility index (Phi) is 4.46. The van der Waals surface area contributed by atoms with Gasteiger partial charge in [-0.2, -0.15) is 0 Å². The summed E-state index contributed by atoms with van der Waals surface area (Å²) in [6.07, 6.45) is 6.80. The van der Waals surface area contributed by atoms with Crippen LogP contribution < -0.4 is 5.73 Å². The number of nitrogens with two attached hydrogens (primary N) is 1. The lowest BCUT2D eigenvalue weighted by molar-refractivity contribution is 0.324. The normalized spacial score (nSPS) is 20.7. The number of nitrogens with zero attached hydrogens (tertiary/aromatic N) is 4. The third kappa shape index (κ3) is 3.34. The fraction of sp³-hybridized carbons (Fsp3) is 0.250. The minimum Gasteiger partial charge on any atom is -0.506 e. The number of hydrogen-bond acceptors (Lipinski definition) is 6. The van der Waals surface area contributed by atoms with E-state index in [-0.39, 0.29) is 17.6 Å². The summed E-state index contributed by atoms with van der Waals surface area (Å²) in [6.45, 7) is 0.839. The molecule has 0 fully saturated rings. The Morgan fingerprint density at radius 3 is 2.96 bits per heavy atom. The van der Waals surface area contributed by atoms with Crippen LogP contribution in [0.4, 0.5) is 5.95 Å². The summed E-state index contributed by atoms with van der Waals surface area (Å²) in [6, 6.07) is 5.26. The molecule has 1 aromatic heterocycles. The molecule has 6 nitrogen and oxygen atoms in total. The zero-order valence-electron chi connectivity index (χ0n) is 14.7. The number of fused-ring (bicyclic) bond motifs is 1. The van der Waals surface area contributed by atoms with Crippen molar-refractivity contribution in [3.05, 3.63) is 52.3 Å². The topological polar surface area (TPSA) is 87.6 Å². The number of aromatic hydroxyl groups is 1. The second-order valence-corrected chi connectivity index (χ2v) is 6.97. The number of hydrogen-bond donors (Lipinski definition) is 2. The molecule has 3 N–H and O–H groups in total. The Morgan fingerprint density at radius 1 is 1.33 bits per heavy atom. The van der Waals surface area contributed by atoms with Gasteiger partial charge in [-0.3, -0.25) is 4.99 Å². The number of phenols is 1. The third-order valence-electron chi connectivity index (χ3n) is 4.84. The maximum Gasteiger partial charge on any atom is 0.220 e. The van der Waals surface area contributed by atoms with Crippen LogP contribution in [-0.4, -0.2) is 45.8 Å². The zero-order chi connectivity index (χ0) is 19.0. The summed E-state index contributed by atoms with van der Waals surface area (Å²) in [5, 5.41) is 10.0. The van der Waals surface area contributed by atoms with Crippen LogP contribution in [0.15, 0.2) is 35.5 Å². The van der Waals surface area contributed by atoms with Crippen molar-refractivity contribution < 1.29 is 5.11 Å². The summed E-state index contributed by atoms with van der Waals surface area (Å²) in [4.78, 5) is 15.2. The van der Waals surface area contributed by atoms with Crippen molar-refractivity contribution in [3.63, 3.8) is 0 Å². The van der Waals surface area contributed by atoms with Gasteiger partial charge in [-0.25, -0.2) is 9.97 Å². The average Bonchev–Trinajstić information content (AvgIpc) is 3.00. The SMILES string of the molecule is CN1C(c2nc(N)ncc2C#Cc2ccc(Cl)c(O)c2)=CC2C=NCCC21. The summed E-state index contributed by atoms with van der Waals surface area (Å²) in [7, 11) is 2.06. The van der Waals surface area contributed by atoms with Gasteiger partial charge in [0.05, 0.1) is 16.3 Å². The van der Waals surface area contributed by atoms with Crippen LogP contribution in [0, 0.1) is 17.8 Å². The summed E-state index contributed by atoms with van der Waals surface area (Å²) < 4.78 is 0. The first-order valence-electron chi connectivity index (χ1n) is 8.61. The number of halogens is 1. The third-order valence-corrected chi connectivity index (χ3v) is 5.16. The maximum atomic E-state index is 9.75. The highest BCUT2D eigenvalue weighted by Gasteiger charge is 2.34. The van der Waals surface area contributed by atoms with Crippen molar-refractivity contribution in [2.24, 2.45) is 10.9 Å². The van der Waals surface area contributed by atoms with Crippen LogP contribution in [0.5, 0.6) is 5.75 Å². The lowest BCUT2D eigenvalue weighted by Crippen LogP contribution is -2.34. The fourth-order valence-electron chi connectivity index (χ4n) is 3.44. The largest absolute Gasteiger partial charge is 0.506 e. The minimum absolute atomic E-state index is 0.00107. The van der Waals surface area contributed by atoms with Gasteiger partial charge in [-0.05, 0) is 30.7 Å². The lowest BCUT2D eigenvalue weighted by atomic mass is 9.98. The number of phenolic OH excluding ortho intramolecular Hbond substituents is 1. The average molecular weight is 380 g/mol. The molecule has 0 spiro atoms. The second kappa shape index (κ2) is 6.93. The molecule has 0 saturated heterocycles. The molecule has 27 heavy (non-hydrogen) atoms. The second-order valence-electron chi connectivity index (χ2n) is 6.56. The van der Waals surface area contributed by atoms with Gasteiger partial charge in [0.15, 0.2) is 0 Å². The molecule has 2 aromatic rings. The van der Waals surface area contributed by atoms with E-state index in [0.717, 1.165) is 18.7 Å². The Morgan fingerprint density at radius 2 is 2.19 bits per heavy atom. The molecular formula is C20H18ClN5O. The first kappa shape index (κ1) is 17.4. The van der Waals surface area contributed by atoms with Gasteiger partial charge >= 0.3 is 0 Å². The highest BCUT2D eigenvalue weighted by atomic mass is 35.5. The number of rotatable bonds is 1. The molecule has 2 aliphatic rings. The molecule has 136 valence electrons. The van der Waals surface area contributed by atoms with E-state index in [1.807, 2.05) is 6.21 Å². The van der Waals surface area contributed by atoms with Crippen LogP contribution in [0.25, 0.3) is 5.70 Å². The molecule has 0 bridgehead atoms. The van der Waals surface area contributed by atoms with Gasteiger partial charge in [-0.1, -0.05) is 23.4 Å². The van der Waals surface area contributed by atoms with Crippen LogP contribution >= 0.6 is 11.6 Å². The van der Waals surface area contributed by atoms with E-state index in [0.29, 0.717) is 27.9 Å². The van der Waals surface area contributed by atoms with Crippen molar-refractivity contribution in [1.29, 1.82) is 0 Å². The van der Waals surface area contributed by atoms with Gasteiger partial charge < -0.3 is 15.7 Å². The number of aromatic nitrogens is 2. The summed E-state index contributed by atoms with van der Waals surface area (Å²) >= 11 is 5.85. The van der Waals surface area contributed by atoms with Crippen LogP contribution in [0.3, 0.4) is 0 Å². The van der Waals surface area contributed by atoms with E-state index in [9.17, 15) is 5.11 Å². The molecule has 2 aliphatic heterocycles. The van der Waals surface area contributed by atoms with Gasteiger partial charge in [0.2, 0.25) is 5.95 Å². The van der Waals surface area contributed by atoms with Gasteiger partial charge in [0, 0.05) is 43.5 Å². The van der Waals surface area contributed by atoms with Crippen molar-refractivity contribution in [2.45, 2.75) is 12.5 Å². The molecule has 2 unspecified atom stereocenters. The van der Waals surface area contributed by atoms with Gasteiger partial charge in [0.1, 0.15) is 11.4 Å². The maximum absolute atomic E-state index is 9.75. The van der Waals surface area contributed by atoms with Crippen LogP contribution in [-0.2, 0) is 0 Å². The smallest absolute Gasteiger partial charge is 0.220 e. The molecule has 0 saturated carbocycles. The lowest BCUT2D eigenvalue weighted by Gasteiger charge is -2.29. The Balaban J connectivity index is 1.73. The molecule has 4 rings (SSSR count). The first-order valence-corrected chi connectivity index (χ1v) is 8.99. The Hall–Kier alpha value is -3.04. The predicted molar refractivity (Wildman–Crippen MR) is 107 cm³/mol. The highest BCUT2D eigenvalue weighted by molar-refractivity contribution is 6.32. The molecule has 0 radical (unpaired) electrons. The monoisotopic (exact) mass is 379 g/mol. The number of anilines is 1. The number of aliphatic imine (C=N–C) groups is 1. The van der Waals surface area contributed by atoms with E-state index in [1.54, 1.807) is 18.3 Å². The van der Waals surface area contributed by atoms with Crippen LogP contribution in [0.1, 0.15) is 23.2 Å². The van der Waals surface area contributed by atoms with E-state index in [2.05, 4.69) is 44.8 Å². The first-order chi connectivity index (χ1) is 13.0. The zero-order valence-corrected chi connectivity index (χ0v) is 15.5. The number of nitrogen functional groups attached to an aromatic ring is 1. The molecule has 7 heteroatoms. The van der Waals surface area contributed by atoms with Crippen LogP contribution in [0.2, 0.25) is 5.02 Å². The Labute approximate surface area is 162 Å². The van der Waals surface area contributed by atoms with E-state index >= 15 is 0 Å². The quantitative estimate of drug-likeness (QED) is 0.743. The van der Waals surface area contributed by atoms with Gasteiger partial charge in [-0.15, -0.1) is 0 Å². The molecule has 0 aliphatic carbocycles. The van der Waals surface area contributed by atoms with Crippen molar-refractivity contribution >= 4 is 29.5 Å². The van der Waals surface area contributed by atoms with E-state index < -0.39 is 0 Å². The van der Waals surface area contributed by atoms with Crippen molar-refractivity contribution in [3.8, 4) is 17.6 Å². The molecule has 2 atom stereocenters. The van der Waals surface area contributed by atoms with Gasteiger partial charge in [0.25, 0.3) is 0 Å². The molecule has 3 heterocycles. The van der Waals surface area contributed by atoms with Crippen molar-refractivity contribution in [1.82, 2.24) is 14.9 Å². The summed E-state index contributed by atoms with van der Waals surface area (Å²) in [5.41, 5.74) is 8.85. The molecular weight excluding hydrogens is 362 g/mol. The van der Waals surface area contributed by atoms with Crippen molar-refractivity contribution in [2.75, 3.05) is 19.3 Å². The van der Waals surface area contributed by atoms with E-state index in [1.165, 1.54) is 6.07 Å². The Bertz CT molecular complexity index is 1020. The fourth-order valence-corrected chi connectivity index (χ4v) is 3.55. The standard InChI is InChI=1S/C20H18ClN5O/c1-26-16-6-7-23-10-14(16)9-17(26)19-13(11-24-20(22)25-19)4-2-12-3-5-15(21)18(27)8-12/h3,5,8-11,14,16,27H,6-7H2,1H3,(H2,22,24,25).